The van der Waals surface area contributed by atoms with Crippen molar-refractivity contribution >= 4 is 11.8 Å². The van der Waals surface area contributed by atoms with Crippen LogP contribution in [-0.2, 0) is 15.1 Å². The Bertz CT molecular complexity index is 1010. The molecule has 3 saturated carbocycles. The molecule has 0 radical (unpaired) electrons. The minimum absolute atomic E-state index is 0.0120. The molecule has 3 aliphatic carbocycles. The van der Waals surface area contributed by atoms with Crippen LogP contribution in [-0.4, -0.2) is 29.9 Å². The molecule has 1 aromatic carbocycles. The quantitative estimate of drug-likeness (QED) is 0.678. The minimum Gasteiger partial charge on any atom is -0.497 e. The van der Waals surface area contributed by atoms with Gasteiger partial charge in [0, 0.05) is 17.4 Å². The number of fused-ring (bicyclic) bond motifs is 5. The van der Waals surface area contributed by atoms with Gasteiger partial charge in [-0.2, -0.15) is 0 Å². The molecule has 0 spiro atoms. The van der Waals surface area contributed by atoms with Crippen LogP contribution in [0.15, 0.2) is 36.4 Å². The number of benzene rings is 1. The van der Waals surface area contributed by atoms with Gasteiger partial charge in [-0.1, -0.05) is 32.1 Å². The third-order valence-corrected chi connectivity index (χ3v) is 10.6. The highest BCUT2D eigenvalue weighted by molar-refractivity contribution is 5.90. The summed E-state index contributed by atoms with van der Waals surface area (Å²) >= 11 is 0. The van der Waals surface area contributed by atoms with Gasteiger partial charge in [-0.3, -0.25) is 9.59 Å². The van der Waals surface area contributed by atoms with Crippen molar-refractivity contribution in [2.45, 2.75) is 77.8 Å². The van der Waals surface area contributed by atoms with Gasteiger partial charge in [0.25, 0.3) is 0 Å². The van der Waals surface area contributed by atoms with Gasteiger partial charge in [0.1, 0.15) is 5.75 Å². The molecule has 184 valence electrons. The van der Waals surface area contributed by atoms with Crippen LogP contribution in [0.2, 0.25) is 0 Å². The maximum atomic E-state index is 13.4. The van der Waals surface area contributed by atoms with Crippen LogP contribution in [0.25, 0.3) is 0 Å². The largest absolute Gasteiger partial charge is 0.497 e. The molecule has 0 unspecified atom stereocenters. The van der Waals surface area contributed by atoms with Gasteiger partial charge in [-0.25, -0.2) is 0 Å². The van der Waals surface area contributed by atoms with Crippen molar-refractivity contribution in [3.63, 3.8) is 0 Å². The lowest BCUT2D eigenvalue weighted by Gasteiger charge is -2.62. The maximum absolute atomic E-state index is 13.4. The number of carbonyl (C=O) groups is 2. The summed E-state index contributed by atoms with van der Waals surface area (Å²) in [5.74, 6) is 2.50. The predicted octanol–water partition coefficient (Wildman–Crippen LogP) is 5.04. The Morgan fingerprint density at radius 3 is 2.41 bits per heavy atom. The van der Waals surface area contributed by atoms with Crippen molar-refractivity contribution < 1.29 is 14.3 Å². The summed E-state index contributed by atoms with van der Waals surface area (Å²) in [5.41, 5.74) is 6.51. The standard InChI is InChI=1S/C29H40N2O3/c1-27(2,18-6-8-19(34-5)9-7-18)31-24-13-10-20-21-11-12-23(26(30)33)28(21,3)16-14-22(20)29(24,4)17-15-25(31)32/h6-9,15,17,20-24H,10-14,16H2,1-5H3,(H2,30,33)/t20-,21-,22-,23+,24+,28-,29+/m0/s1. The number of methoxy groups -OCH3 is 1. The Balaban J connectivity index is 1.48. The zero-order valence-electron chi connectivity index (χ0n) is 21.3. The van der Waals surface area contributed by atoms with E-state index in [0.717, 1.165) is 49.8 Å². The fourth-order valence-electron chi connectivity index (χ4n) is 8.77. The van der Waals surface area contributed by atoms with Crippen molar-refractivity contribution in [2.75, 3.05) is 7.11 Å². The summed E-state index contributed by atoms with van der Waals surface area (Å²) in [6, 6.07) is 8.30. The first-order chi connectivity index (χ1) is 16.0. The summed E-state index contributed by atoms with van der Waals surface area (Å²) in [5, 5.41) is 0. The molecule has 1 heterocycles. The Kier molecular flexibility index (Phi) is 5.42. The van der Waals surface area contributed by atoms with Crippen LogP contribution in [0.3, 0.4) is 0 Å². The molecular weight excluding hydrogens is 424 g/mol. The smallest absolute Gasteiger partial charge is 0.247 e. The number of ether oxygens (including phenoxy) is 1. The molecule has 5 heteroatoms. The van der Waals surface area contributed by atoms with Crippen molar-refractivity contribution in [1.29, 1.82) is 0 Å². The van der Waals surface area contributed by atoms with E-state index >= 15 is 0 Å². The van der Waals surface area contributed by atoms with Crippen molar-refractivity contribution in [2.24, 2.45) is 40.2 Å². The average molecular weight is 465 g/mol. The summed E-state index contributed by atoms with van der Waals surface area (Å²) in [4.78, 5) is 27.8. The zero-order chi connectivity index (χ0) is 24.5. The summed E-state index contributed by atoms with van der Waals surface area (Å²) in [7, 11) is 1.67. The predicted molar refractivity (Wildman–Crippen MR) is 133 cm³/mol. The first kappa shape index (κ1) is 23.4. The number of hydrogen-bond donors (Lipinski definition) is 1. The van der Waals surface area contributed by atoms with Crippen LogP contribution < -0.4 is 10.5 Å². The zero-order valence-corrected chi connectivity index (χ0v) is 21.3. The van der Waals surface area contributed by atoms with Gasteiger partial charge >= 0.3 is 0 Å². The van der Waals surface area contributed by atoms with E-state index in [1.54, 1.807) is 7.11 Å². The highest BCUT2D eigenvalue weighted by Gasteiger charge is 2.62. The van der Waals surface area contributed by atoms with Gasteiger partial charge in [0.05, 0.1) is 12.6 Å². The van der Waals surface area contributed by atoms with Crippen molar-refractivity contribution in [3.05, 3.63) is 42.0 Å². The minimum atomic E-state index is -0.430. The number of primary amides is 1. The lowest BCUT2D eigenvalue weighted by molar-refractivity contribution is -0.154. The molecular formula is C29H40N2O3. The van der Waals surface area contributed by atoms with E-state index < -0.39 is 5.54 Å². The van der Waals surface area contributed by atoms with E-state index in [9.17, 15) is 9.59 Å². The first-order valence-electron chi connectivity index (χ1n) is 13.0. The fraction of sp³-hybridized carbons (Fsp3) is 0.655. The Morgan fingerprint density at radius 2 is 1.76 bits per heavy atom. The van der Waals surface area contributed by atoms with Crippen LogP contribution in [0.4, 0.5) is 0 Å². The van der Waals surface area contributed by atoms with Crippen LogP contribution >= 0.6 is 0 Å². The maximum Gasteiger partial charge on any atom is 0.247 e. The van der Waals surface area contributed by atoms with E-state index in [1.807, 2.05) is 18.2 Å². The normalized spacial score (nSPS) is 39.3. The topological polar surface area (TPSA) is 72.6 Å². The monoisotopic (exact) mass is 464 g/mol. The molecule has 0 bridgehead atoms. The van der Waals surface area contributed by atoms with Crippen LogP contribution in [0.1, 0.15) is 71.8 Å². The van der Waals surface area contributed by atoms with Crippen LogP contribution in [0.5, 0.6) is 5.75 Å². The fourth-order valence-corrected chi connectivity index (χ4v) is 8.77. The SMILES string of the molecule is COc1ccc(C(C)(C)N2C(=O)C=C[C@]3(C)[C@H]4CC[C@]5(C)[C@@H](C(N)=O)CC[C@H]5[C@@H]4CC[C@@H]23)cc1. The molecule has 34 heavy (non-hydrogen) atoms. The molecule has 5 rings (SSSR count). The van der Waals surface area contributed by atoms with E-state index in [4.69, 9.17) is 10.5 Å². The lowest BCUT2D eigenvalue weighted by Crippen LogP contribution is -2.64. The van der Waals surface area contributed by atoms with E-state index in [-0.39, 0.29) is 34.6 Å². The number of nitrogens with zero attached hydrogens (tertiary/aromatic N) is 1. The summed E-state index contributed by atoms with van der Waals surface area (Å²) < 4.78 is 5.35. The molecule has 1 aromatic rings. The third-order valence-electron chi connectivity index (χ3n) is 10.6. The average Bonchev–Trinajstić information content (AvgIpc) is 3.17. The second kappa shape index (κ2) is 7.86. The Hall–Kier alpha value is -2.30. The molecule has 4 aliphatic rings. The second-order valence-corrected chi connectivity index (χ2v) is 12.2. The Morgan fingerprint density at radius 1 is 1.06 bits per heavy atom. The van der Waals surface area contributed by atoms with E-state index in [2.05, 4.69) is 50.8 Å². The van der Waals surface area contributed by atoms with Gasteiger partial charge in [-0.15, -0.1) is 0 Å². The number of carbonyl (C=O) groups excluding carboxylic acids is 2. The molecule has 2 amide bonds. The van der Waals surface area contributed by atoms with Gasteiger partial charge in [0.15, 0.2) is 0 Å². The lowest BCUT2D eigenvalue weighted by atomic mass is 9.47. The molecule has 7 atom stereocenters. The Labute approximate surface area is 204 Å². The molecule has 2 N–H and O–H groups in total. The highest BCUT2D eigenvalue weighted by atomic mass is 16.5. The molecule has 3 fully saturated rings. The number of amides is 2. The molecule has 1 aliphatic heterocycles. The van der Waals surface area contributed by atoms with Gasteiger partial charge in [0.2, 0.25) is 11.8 Å². The van der Waals surface area contributed by atoms with Crippen molar-refractivity contribution in [3.8, 4) is 5.75 Å². The third kappa shape index (κ3) is 3.18. The van der Waals surface area contributed by atoms with Gasteiger partial charge in [-0.05, 0) is 99.3 Å². The second-order valence-electron chi connectivity index (χ2n) is 12.2. The highest BCUT2D eigenvalue weighted by Crippen LogP contribution is 2.66. The number of nitrogens with two attached hydrogens (primary N) is 1. The molecule has 0 aromatic heterocycles. The molecule has 0 saturated heterocycles. The van der Waals surface area contributed by atoms with Crippen molar-refractivity contribution in [1.82, 2.24) is 4.90 Å². The van der Waals surface area contributed by atoms with Crippen LogP contribution in [0, 0.1) is 34.5 Å². The van der Waals surface area contributed by atoms with E-state index in [1.165, 1.54) is 0 Å². The number of hydrogen-bond acceptors (Lipinski definition) is 3. The summed E-state index contributed by atoms with van der Waals surface area (Å²) in [6.45, 7) is 9.05. The first-order valence-corrected chi connectivity index (χ1v) is 13.0. The number of rotatable bonds is 4. The van der Waals surface area contributed by atoms with E-state index in [0.29, 0.717) is 17.8 Å². The van der Waals surface area contributed by atoms with Gasteiger partial charge < -0.3 is 15.4 Å². The molecule has 5 nitrogen and oxygen atoms in total. The summed E-state index contributed by atoms with van der Waals surface area (Å²) in [6.07, 6.45) is 10.4.